The minimum absolute atomic E-state index is 0.0347. The zero-order valence-corrected chi connectivity index (χ0v) is 9.89. The summed E-state index contributed by atoms with van der Waals surface area (Å²) in [5, 5.41) is 11.1. The number of hydrogen-bond donors (Lipinski definition) is 2. The van der Waals surface area contributed by atoms with E-state index in [9.17, 15) is 14.4 Å². The predicted molar refractivity (Wildman–Crippen MR) is 57.6 cm³/mol. The van der Waals surface area contributed by atoms with Gasteiger partial charge in [-0.05, 0) is 6.42 Å². The number of ketones is 1. The van der Waals surface area contributed by atoms with Crippen LogP contribution in [0.15, 0.2) is 0 Å². The second-order valence-corrected chi connectivity index (χ2v) is 3.40. The average Bonchev–Trinajstić information content (AvgIpc) is 2.24. The first-order valence-corrected chi connectivity index (χ1v) is 5.03. The monoisotopic (exact) mass is 247 g/mol. The third kappa shape index (κ3) is 7.42. The zero-order valence-electron chi connectivity index (χ0n) is 9.89. The Morgan fingerprint density at radius 2 is 1.76 bits per heavy atom. The molecule has 1 unspecified atom stereocenters. The van der Waals surface area contributed by atoms with Crippen LogP contribution in [-0.4, -0.2) is 56.2 Å². The molecule has 0 aromatic heterocycles. The third-order valence-electron chi connectivity index (χ3n) is 1.93. The van der Waals surface area contributed by atoms with Crippen molar-refractivity contribution in [2.24, 2.45) is 0 Å². The van der Waals surface area contributed by atoms with Crippen LogP contribution in [0.5, 0.6) is 0 Å². The lowest BCUT2D eigenvalue weighted by Crippen LogP contribution is -2.42. The van der Waals surface area contributed by atoms with E-state index in [1.165, 1.54) is 14.2 Å². The van der Waals surface area contributed by atoms with Gasteiger partial charge >= 0.3 is 5.97 Å². The number of carboxylic acid groups (broad SMARTS) is 1. The number of methoxy groups -OCH3 is 2. The van der Waals surface area contributed by atoms with Crippen LogP contribution < -0.4 is 5.32 Å². The first-order valence-electron chi connectivity index (χ1n) is 5.03. The Labute approximate surface area is 99.1 Å². The second kappa shape index (κ2) is 8.66. The van der Waals surface area contributed by atoms with Crippen LogP contribution in [-0.2, 0) is 23.9 Å². The number of aliphatic carboxylic acids is 1. The molecule has 0 aromatic carbocycles. The Morgan fingerprint density at radius 3 is 2.24 bits per heavy atom. The quantitative estimate of drug-likeness (QED) is 0.553. The molecule has 0 aliphatic rings. The number of Topliss-reactive ketones (excluding diaryl/α,β-unsaturated/α-hetero) is 1. The van der Waals surface area contributed by atoms with Gasteiger partial charge in [0.25, 0.3) is 0 Å². The Kier molecular flexibility index (Phi) is 7.91. The number of amides is 1. The smallest absolute Gasteiger partial charge is 0.326 e. The van der Waals surface area contributed by atoms with E-state index in [0.29, 0.717) is 0 Å². The van der Waals surface area contributed by atoms with Gasteiger partial charge < -0.3 is 19.9 Å². The maximum absolute atomic E-state index is 11.1. The number of carboxylic acids is 1. The summed E-state index contributed by atoms with van der Waals surface area (Å²) in [5.74, 6) is -1.92. The average molecular weight is 247 g/mol. The van der Waals surface area contributed by atoms with Crippen molar-refractivity contribution in [1.82, 2.24) is 5.32 Å². The molecule has 0 aromatic rings. The van der Waals surface area contributed by atoms with Gasteiger partial charge in [-0.1, -0.05) is 0 Å². The summed E-state index contributed by atoms with van der Waals surface area (Å²) in [5.41, 5.74) is 0. The number of rotatable bonds is 9. The van der Waals surface area contributed by atoms with Crippen molar-refractivity contribution < 1.29 is 29.0 Å². The molecule has 7 heteroatoms. The van der Waals surface area contributed by atoms with Crippen LogP contribution in [0.25, 0.3) is 0 Å². The van der Waals surface area contributed by atoms with Gasteiger partial charge in [-0.15, -0.1) is 0 Å². The van der Waals surface area contributed by atoms with E-state index in [1.54, 1.807) is 0 Å². The lowest BCUT2D eigenvalue weighted by atomic mass is 10.1. The van der Waals surface area contributed by atoms with Crippen molar-refractivity contribution in [1.29, 1.82) is 0 Å². The number of carbonyl (C=O) groups excluding carboxylic acids is 2. The molecule has 0 rings (SSSR count). The zero-order chi connectivity index (χ0) is 13.3. The van der Waals surface area contributed by atoms with Gasteiger partial charge in [0.2, 0.25) is 5.91 Å². The largest absolute Gasteiger partial charge is 0.480 e. The van der Waals surface area contributed by atoms with Crippen LogP contribution in [0.3, 0.4) is 0 Å². The SMILES string of the molecule is COCC(=O)CCC(NC(=O)COC)C(=O)O. The van der Waals surface area contributed by atoms with Gasteiger partial charge in [-0.3, -0.25) is 9.59 Å². The number of nitrogens with one attached hydrogen (secondary N) is 1. The molecular weight excluding hydrogens is 230 g/mol. The summed E-state index contributed by atoms with van der Waals surface area (Å²) >= 11 is 0. The minimum Gasteiger partial charge on any atom is -0.480 e. The molecule has 17 heavy (non-hydrogen) atoms. The maximum Gasteiger partial charge on any atom is 0.326 e. The first kappa shape index (κ1) is 15.5. The Balaban J connectivity index is 4.11. The van der Waals surface area contributed by atoms with Gasteiger partial charge in [-0.2, -0.15) is 0 Å². The van der Waals surface area contributed by atoms with E-state index < -0.39 is 17.9 Å². The normalized spacial score (nSPS) is 11.9. The minimum atomic E-state index is -1.18. The summed E-state index contributed by atoms with van der Waals surface area (Å²) < 4.78 is 9.17. The summed E-state index contributed by atoms with van der Waals surface area (Å²) in [6, 6.07) is -1.08. The van der Waals surface area contributed by atoms with Crippen molar-refractivity contribution in [3.63, 3.8) is 0 Å². The van der Waals surface area contributed by atoms with E-state index in [4.69, 9.17) is 5.11 Å². The standard InChI is InChI=1S/C10H17NO6/c1-16-5-7(12)3-4-8(10(14)15)11-9(13)6-17-2/h8H,3-6H2,1-2H3,(H,11,13)(H,14,15). The van der Waals surface area contributed by atoms with E-state index >= 15 is 0 Å². The van der Waals surface area contributed by atoms with Crippen LogP contribution >= 0.6 is 0 Å². The molecule has 1 atom stereocenters. The van der Waals surface area contributed by atoms with Crippen LogP contribution in [0.4, 0.5) is 0 Å². The van der Waals surface area contributed by atoms with E-state index in [2.05, 4.69) is 14.8 Å². The molecule has 0 spiro atoms. The molecule has 0 aliphatic carbocycles. The fourth-order valence-electron chi connectivity index (χ4n) is 1.16. The molecular formula is C10H17NO6. The molecule has 0 fully saturated rings. The molecule has 0 aliphatic heterocycles. The highest BCUT2D eigenvalue weighted by Crippen LogP contribution is 1.99. The van der Waals surface area contributed by atoms with Crippen LogP contribution in [0, 0.1) is 0 Å². The highest BCUT2D eigenvalue weighted by Gasteiger charge is 2.20. The van der Waals surface area contributed by atoms with Crippen molar-refractivity contribution in [3.8, 4) is 0 Å². The fraction of sp³-hybridized carbons (Fsp3) is 0.700. The molecule has 0 saturated carbocycles. The topological polar surface area (TPSA) is 102 Å². The van der Waals surface area contributed by atoms with Gasteiger partial charge in [0.05, 0.1) is 0 Å². The summed E-state index contributed by atoms with van der Waals surface area (Å²) in [6.45, 7) is -0.270. The number of carbonyl (C=O) groups is 3. The Bertz CT molecular complexity index is 278. The van der Waals surface area contributed by atoms with Crippen LogP contribution in [0.2, 0.25) is 0 Å². The van der Waals surface area contributed by atoms with Crippen molar-refractivity contribution >= 4 is 17.7 Å². The highest BCUT2D eigenvalue weighted by molar-refractivity contribution is 5.85. The van der Waals surface area contributed by atoms with Crippen molar-refractivity contribution in [3.05, 3.63) is 0 Å². The van der Waals surface area contributed by atoms with E-state index in [0.717, 1.165) is 0 Å². The fourth-order valence-corrected chi connectivity index (χ4v) is 1.16. The van der Waals surface area contributed by atoms with E-state index in [1.807, 2.05) is 0 Å². The van der Waals surface area contributed by atoms with Crippen LogP contribution in [0.1, 0.15) is 12.8 Å². The molecule has 0 heterocycles. The van der Waals surface area contributed by atoms with Gasteiger partial charge in [-0.25, -0.2) is 4.79 Å². The van der Waals surface area contributed by atoms with Crippen molar-refractivity contribution in [2.75, 3.05) is 27.4 Å². The lowest BCUT2D eigenvalue weighted by Gasteiger charge is -2.13. The summed E-state index contributed by atoms with van der Waals surface area (Å²) in [7, 11) is 2.71. The van der Waals surface area contributed by atoms with E-state index in [-0.39, 0.29) is 31.8 Å². The molecule has 0 radical (unpaired) electrons. The summed E-state index contributed by atoms with van der Waals surface area (Å²) in [6.07, 6.45) is 0.0745. The molecule has 0 saturated heterocycles. The second-order valence-electron chi connectivity index (χ2n) is 3.40. The van der Waals surface area contributed by atoms with Gasteiger partial charge in [0.15, 0.2) is 5.78 Å². The molecule has 1 amide bonds. The molecule has 7 nitrogen and oxygen atoms in total. The molecule has 2 N–H and O–H groups in total. The summed E-state index contributed by atoms with van der Waals surface area (Å²) in [4.78, 5) is 33.1. The predicted octanol–water partition coefficient (Wildman–Crippen LogP) is -0.802. The number of ether oxygens (including phenoxy) is 2. The Morgan fingerprint density at radius 1 is 1.18 bits per heavy atom. The lowest BCUT2D eigenvalue weighted by molar-refractivity contribution is -0.142. The van der Waals surface area contributed by atoms with Crippen molar-refractivity contribution in [2.45, 2.75) is 18.9 Å². The highest BCUT2D eigenvalue weighted by atomic mass is 16.5. The number of hydrogen-bond acceptors (Lipinski definition) is 5. The van der Waals surface area contributed by atoms with Gasteiger partial charge in [0.1, 0.15) is 19.3 Å². The Hall–Kier alpha value is -1.47. The van der Waals surface area contributed by atoms with Gasteiger partial charge in [0, 0.05) is 20.6 Å². The first-order chi connectivity index (χ1) is 8.01. The maximum atomic E-state index is 11.1. The third-order valence-corrected chi connectivity index (χ3v) is 1.93. The molecule has 0 bridgehead atoms. The molecule has 98 valence electrons.